The van der Waals surface area contributed by atoms with E-state index in [-0.39, 0.29) is 0 Å². The van der Waals surface area contributed by atoms with Gasteiger partial charge in [-0.05, 0) is 37.4 Å². The summed E-state index contributed by atoms with van der Waals surface area (Å²) in [5.74, 6) is 0.917. The number of benzene rings is 1. The lowest BCUT2D eigenvalue weighted by Crippen LogP contribution is -2.46. The molecule has 110 valence electrons. The minimum Gasteiger partial charge on any atom is -0.314 e. The molecule has 2 fully saturated rings. The maximum atomic E-state index is 3.44. The molecule has 3 heteroatoms. The SMILES string of the molecule is c1ccc(CN2CCC(CN3CCNCC3)CC2)cc1. The Hall–Kier alpha value is -0.900. The van der Waals surface area contributed by atoms with Gasteiger partial charge >= 0.3 is 0 Å². The van der Waals surface area contributed by atoms with Crippen LogP contribution in [0.15, 0.2) is 30.3 Å². The summed E-state index contributed by atoms with van der Waals surface area (Å²) < 4.78 is 0. The van der Waals surface area contributed by atoms with Crippen LogP contribution in [0.25, 0.3) is 0 Å². The molecule has 1 aromatic rings. The molecular weight excluding hydrogens is 246 g/mol. The number of nitrogens with zero attached hydrogens (tertiary/aromatic N) is 2. The highest BCUT2D eigenvalue weighted by Gasteiger charge is 2.22. The molecule has 2 heterocycles. The molecular formula is C17H27N3. The van der Waals surface area contributed by atoms with Crippen molar-refractivity contribution in [2.24, 2.45) is 5.92 Å². The summed E-state index contributed by atoms with van der Waals surface area (Å²) in [6.45, 7) is 9.81. The Morgan fingerprint density at radius 3 is 2.30 bits per heavy atom. The summed E-state index contributed by atoms with van der Waals surface area (Å²) in [5, 5.41) is 3.44. The normalized spacial score (nSPS) is 23.0. The van der Waals surface area contributed by atoms with Crippen molar-refractivity contribution in [1.29, 1.82) is 0 Å². The molecule has 0 spiro atoms. The monoisotopic (exact) mass is 273 g/mol. The van der Waals surface area contributed by atoms with Gasteiger partial charge in [0, 0.05) is 39.3 Å². The fraction of sp³-hybridized carbons (Fsp3) is 0.647. The average molecular weight is 273 g/mol. The van der Waals surface area contributed by atoms with Crippen LogP contribution in [-0.4, -0.2) is 55.6 Å². The van der Waals surface area contributed by atoms with Gasteiger partial charge < -0.3 is 10.2 Å². The van der Waals surface area contributed by atoms with Crippen LogP contribution >= 0.6 is 0 Å². The average Bonchev–Trinajstić information content (AvgIpc) is 2.51. The van der Waals surface area contributed by atoms with Crippen LogP contribution < -0.4 is 5.32 Å². The quantitative estimate of drug-likeness (QED) is 0.902. The molecule has 0 saturated carbocycles. The van der Waals surface area contributed by atoms with Crippen molar-refractivity contribution in [3.63, 3.8) is 0 Å². The van der Waals surface area contributed by atoms with E-state index in [1.165, 1.54) is 64.2 Å². The molecule has 1 N–H and O–H groups in total. The zero-order chi connectivity index (χ0) is 13.6. The Kier molecular flexibility index (Phi) is 5.06. The van der Waals surface area contributed by atoms with Crippen LogP contribution in [0.2, 0.25) is 0 Å². The first-order valence-electron chi connectivity index (χ1n) is 8.09. The highest BCUT2D eigenvalue weighted by Crippen LogP contribution is 2.20. The van der Waals surface area contributed by atoms with Gasteiger partial charge in [-0.1, -0.05) is 30.3 Å². The molecule has 0 atom stereocenters. The third-order valence-electron chi connectivity index (χ3n) is 4.68. The van der Waals surface area contributed by atoms with E-state index in [4.69, 9.17) is 0 Å². The Morgan fingerprint density at radius 1 is 0.900 bits per heavy atom. The molecule has 2 aliphatic rings. The van der Waals surface area contributed by atoms with Gasteiger partial charge in [0.2, 0.25) is 0 Å². The summed E-state index contributed by atoms with van der Waals surface area (Å²) in [7, 11) is 0. The molecule has 20 heavy (non-hydrogen) atoms. The topological polar surface area (TPSA) is 18.5 Å². The molecule has 3 rings (SSSR count). The molecule has 2 aliphatic heterocycles. The minimum absolute atomic E-state index is 0.917. The zero-order valence-electron chi connectivity index (χ0n) is 12.4. The van der Waals surface area contributed by atoms with Crippen molar-refractivity contribution in [2.45, 2.75) is 19.4 Å². The molecule has 2 saturated heterocycles. The summed E-state index contributed by atoms with van der Waals surface area (Å²) in [6.07, 6.45) is 2.74. The molecule has 0 amide bonds. The van der Waals surface area contributed by atoms with Crippen molar-refractivity contribution >= 4 is 0 Å². The van der Waals surface area contributed by atoms with Crippen molar-refractivity contribution in [2.75, 3.05) is 45.8 Å². The number of nitrogens with one attached hydrogen (secondary N) is 1. The highest BCUT2D eigenvalue weighted by atomic mass is 15.2. The largest absolute Gasteiger partial charge is 0.314 e. The molecule has 0 aliphatic carbocycles. The Bertz CT molecular complexity index is 378. The van der Waals surface area contributed by atoms with Gasteiger partial charge in [0.15, 0.2) is 0 Å². The Labute approximate surface area is 123 Å². The van der Waals surface area contributed by atoms with Crippen LogP contribution in [-0.2, 0) is 6.54 Å². The predicted molar refractivity (Wildman–Crippen MR) is 83.8 cm³/mol. The summed E-state index contributed by atoms with van der Waals surface area (Å²) >= 11 is 0. The lowest BCUT2D eigenvalue weighted by Gasteiger charge is -2.36. The zero-order valence-corrected chi connectivity index (χ0v) is 12.4. The fourth-order valence-corrected chi connectivity index (χ4v) is 3.43. The van der Waals surface area contributed by atoms with Crippen molar-refractivity contribution in [3.8, 4) is 0 Å². The van der Waals surface area contributed by atoms with E-state index in [0.29, 0.717) is 0 Å². The van der Waals surface area contributed by atoms with Crippen LogP contribution in [0.1, 0.15) is 18.4 Å². The molecule has 0 unspecified atom stereocenters. The van der Waals surface area contributed by atoms with Crippen molar-refractivity contribution < 1.29 is 0 Å². The van der Waals surface area contributed by atoms with Gasteiger partial charge in [-0.3, -0.25) is 4.90 Å². The summed E-state index contributed by atoms with van der Waals surface area (Å²) in [4.78, 5) is 5.26. The fourth-order valence-electron chi connectivity index (χ4n) is 3.43. The van der Waals surface area contributed by atoms with Crippen molar-refractivity contribution in [3.05, 3.63) is 35.9 Å². The van der Waals surface area contributed by atoms with Crippen LogP contribution in [0, 0.1) is 5.92 Å². The van der Waals surface area contributed by atoms with E-state index in [1.807, 2.05) is 0 Å². The Morgan fingerprint density at radius 2 is 1.60 bits per heavy atom. The first-order chi connectivity index (χ1) is 9.90. The second-order valence-electron chi connectivity index (χ2n) is 6.26. The second kappa shape index (κ2) is 7.21. The molecule has 1 aromatic carbocycles. The lowest BCUT2D eigenvalue weighted by molar-refractivity contribution is 0.132. The van der Waals surface area contributed by atoms with Gasteiger partial charge in [-0.15, -0.1) is 0 Å². The predicted octanol–water partition coefficient (Wildman–Crippen LogP) is 1.80. The summed E-state index contributed by atoms with van der Waals surface area (Å²) in [5.41, 5.74) is 1.45. The standard InChI is InChI=1S/C17H27N3/c1-2-4-16(5-3-1)14-19-10-6-17(7-11-19)15-20-12-8-18-9-13-20/h1-5,17-18H,6-15H2. The first-order valence-corrected chi connectivity index (χ1v) is 8.09. The van der Waals surface area contributed by atoms with E-state index in [9.17, 15) is 0 Å². The lowest BCUT2D eigenvalue weighted by atomic mass is 9.95. The van der Waals surface area contributed by atoms with E-state index >= 15 is 0 Å². The highest BCUT2D eigenvalue weighted by molar-refractivity contribution is 5.14. The van der Waals surface area contributed by atoms with E-state index in [2.05, 4.69) is 45.4 Å². The van der Waals surface area contributed by atoms with E-state index in [1.54, 1.807) is 0 Å². The third-order valence-corrected chi connectivity index (χ3v) is 4.68. The Balaban J connectivity index is 1.40. The number of likely N-dealkylation sites (tertiary alicyclic amines) is 1. The number of piperidine rings is 1. The van der Waals surface area contributed by atoms with E-state index < -0.39 is 0 Å². The first kappa shape index (κ1) is 14.1. The molecule has 0 bridgehead atoms. The van der Waals surface area contributed by atoms with Gasteiger partial charge in [0.1, 0.15) is 0 Å². The van der Waals surface area contributed by atoms with Crippen LogP contribution in [0.4, 0.5) is 0 Å². The molecule has 3 nitrogen and oxygen atoms in total. The number of piperazine rings is 1. The van der Waals surface area contributed by atoms with Crippen LogP contribution in [0.5, 0.6) is 0 Å². The smallest absolute Gasteiger partial charge is 0.0233 e. The molecule has 0 aromatic heterocycles. The molecule has 0 radical (unpaired) electrons. The van der Waals surface area contributed by atoms with Gasteiger partial charge in [-0.25, -0.2) is 0 Å². The number of hydrogen-bond donors (Lipinski definition) is 1. The van der Waals surface area contributed by atoms with Gasteiger partial charge in [0.25, 0.3) is 0 Å². The maximum Gasteiger partial charge on any atom is 0.0233 e. The van der Waals surface area contributed by atoms with Gasteiger partial charge in [0.05, 0.1) is 0 Å². The maximum absolute atomic E-state index is 3.44. The van der Waals surface area contributed by atoms with Crippen LogP contribution in [0.3, 0.4) is 0 Å². The van der Waals surface area contributed by atoms with Gasteiger partial charge in [-0.2, -0.15) is 0 Å². The number of hydrogen-bond acceptors (Lipinski definition) is 3. The third kappa shape index (κ3) is 4.05. The van der Waals surface area contributed by atoms with Crippen molar-refractivity contribution in [1.82, 2.24) is 15.1 Å². The van der Waals surface area contributed by atoms with E-state index in [0.717, 1.165) is 12.5 Å². The summed E-state index contributed by atoms with van der Waals surface area (Å²) in [6, 6.07) is 10.9. The minimum atomic E-state index is 0.917. The number of rotatable bonds is 4. The second-order valence-corrected chi connectivity index (χ2v) is 6.26.